The van der Waals surface area contributed by atoms with Gasteiger partial charge in [-0.05, 0) is 23.3 Å². The van der Waals surface area contributed by atoms with Crippen LogP contribution in [0.1, 0.15) is 34.3 Å². The SMILES string of the molecule is CNC(=O)c1ccccc1C(C)c1ccc(N2CCN(CCO)CC2)c([N+](=O)[O-])c1. The number of piperazine rings is 1. The minimum Gasteiger partial charge on any atom is -0.395 e. The summed E-state index contributed by atoms with van der Waals surface area (Å²) in [6.45, 7) is 5.56. The first-order chi connectivity index (χ1) is 14.5. The van der Waals surface area contributed by atoms with E-state index < -0.39 is 0 Å². The van der Waals surface area contributed by atoms with Crippen molar-refractivity contribution in [1.29, 1.82) is 0 Å². The monoisotopic (exact) mass is 412 g/mol. The van der Waals surface area contributed by atoms with Crippen molar-refractivity contribution in [1.82, 2.24) is 10.2 Å². The van der Waals surface area contributed by atoms with Crippen LogP contribution in [-0.4, -0.2) is 67.2 Å². The summed E-state index contributed by atoms with van der Waals surface area (Å²) in [5, 5.41) is 23.6. The summed E-state index contributed by atoms with van der Waals surface area (Å²) >= 11 is 0. The van der Waals surface area contributed by atoms with E-state index in [0.29, 0.717) is 30.9 Å². The summed E-state index contributed by atoms with van der Waals surface area (Å²) < 4.78 is 0. The molecule has 1 aliphatic heterocycles. The Morgan fingerprint density at radius 3 is 2.53 bits per heavy atom. The Morgan fingerprint density at radius 2 is 1.90 bits per heavy atom. The Bertz CT molecular complexity index is 910. The molecule has 30 heavy (non-hydrogen) atoms. The molecule has 0 aliphatic carbocycles. The van der Waals surface area contributed by atoms with Gasteiger partial charge in [0, 0.05) is 57.3 Å². The number of nitro groups is 1. The first-order valence-electron chi connectivity index (χ1n) is 10.1. The van der Waals surface area contributed by atoms with E-state index in [9.17, 15) is 14.9 Å². The fourth-order valence-corrected chi connectivity index (χ4v) is 3.97. The molecule has 1 atom stereocenters. The number of nitrogens with one attached hydrogen (secondary N) is 1. The fourth-order valence-electron chi connectivity index (χ4n) is 3.97. The summed E-state index contributed by atoms with van der Waals surface area (Å²) in [7, 11) is 1.59. The number of carbonyl (C=O) groups is 1. The van der Waals surface area contributed by atoms with Gasteiger partial charge >= 0.3 is 0 Å². The van der Waals surface area contributed by atoms with E-state index in [0.717, 1.165) is 24.2 Å². The maximum Gasteiger partial charge on any atom is 0.292 e. The molecular weight excluding hydrogens is 384 g/mol. The Morgan fingerprint density at radius 1 is 1.20 bits per heavy atom. The summed E-state index contributed by atoms with van der Waals surface area (Å²) in [5.74, 6) is -0.350. The number of nitro benzene ring substituents is 1. The number of β-amino-alcohol motifs (C(OH)–C–C–N with tert-alkyl or cyclic N) is 1. The van der Waals surface area contributed by atoms with Crippen LogP contribution >= 0.6 is 0 Å². The number of nitrogens with zero attached hydrogens (tertiary/aromatic N) is 3. The maximum absolute atomic E-state index is 12.2. The molecule has 0 bridgehead atoms. The molecule has 0 aromatic heterocycles. The van der Waals surface area contributed by atoms with Gasteiger partial charge in [0.15, 0.2) is 0 Å². The van der Waals surface area contributed by atoms with Crippen LogP contribution < -0.4 is 10.2 Å². The van der Waals surface area contributed by atoms with Gasteiger partial charge in [-0.2, -0.15) is 0 Å². The van der Waals surface area contributed by atoms with Gasteiger partial charge in [-0.1, -0.05) is 31.2 Å². The van der Waals surface area contributed by atoms with Crippen molar-refractivity contribution in [3.63, 3.8) is 0 Å². The van der Waals surface area contributed by atoms with Gasteiger partial charge in [-0.25, -0.2) is 0 Å². The average Bonchev–Trinajstić information content (AvgIpc) is 2.78. The minimum absolute atomic E-state index is 0.0763. The van der Waals surface area contributed by atoms with E-state index in [4.69, 9.17) is 5.11 Å². The summed E-state index contributed by atoms with van der Waals surface area (Å²) in [6, 6.07) is 12.7. The molecule has 1 amide bonds. The highest BCUT2D eigenvalue weighted by molar-refractivity contribution is 5.95. The number of anilines is 1. The predicted molar refractivity (Wildman–Crippen MR) is 116 cm³/mol. The van der Waals surface area contributed by atoms with Crippen LogP contribution in [0.3, 0.4) is 0 Å². The lowest BCUT2D eigenvalue weighted by Crippen LogP contribution is -2.47. The molecule has 1 heterocycles. The first kappa shape index (κ1) is 21.7. The normalized spacial score (nSPS) is 15.6. The molecular formula is C22H28N4O4. The number of benzene rings is 2. The van der Waals surface area contributed by atoms with Crippen molar-refractivity contribution >= 4 is 17.3 Å². The highest BCUT2D eigenvalue weighted by Gasteiger charge is 2.25. The van der Waals surface area contributed by atoms with Gasteiger partial charge in [-0.15, -0.1) is 0 Å². The standard InChI is InChI=1S/C22H28N4O4/c1-16(18-5-3-4-6-19(18)22(28)23-2)17-7-8-20(21(15-17)26(29)30)25-11-9-24(10-12-25)13-14-27/h3-8,15-16,27H,9-14H2,1-2H3,(H,23,28). The van der Waals surface area contributed by atoms with E-state index in [1.807, 2.05) is 42.2 Å². The Hall–Kier alpha value is -2.97. The number of aliphatic hydroxyl groups excluding tert-OH is 1. The predicted octanol–water partition coefficient (Wildman–Crippen LogP) is 2.22. The zero-order chi connectivity index (χ0) is 21.7. The third-order valence-corrected chi connectivity index (χ3v) is 5.72. The summed E-state index contributed by atoms with van der Waals surface area (Å²) in [6.07, 6.45) is 0. The lowest BCUT2D eigenvalue weighted by atomic mass is 9.89. The summed E-state index contributed by atoms with van der Waals surface area (Å²) in [4.78, 5) is 27.9. The number of aliphatic hydroxyl groups is 1. The molecule has 0 radical (unpaired) electrons. The minimum atomic E-state index is -0.337. The summed E-state index contributed by atoms with van der Waals surface area (Å²) in [5.41, 5.74) is 2.88. The number of carbonyl (C=O) groups excluding carboxylic acids is 1. The highest BCUT2D eigenvalue weighted by atomic mass is 16.6. The van der Waals surface area contributed by atoms with E-state index in [1.54, 1.807) is 19.2 Å². The number of hydrogen-bond donors (Lipinski definition) is 2. The Balaban J connectivity index is 1.89. The molecule has 1 aliphatic rings. The second kappa shape index (κ2) is 9.69. The van der Waals surface area contributed by atoms with E-state index in [-0.39, 0.29) is 29.0 Å². The van der Waals surface area contributed by atoms with Crippen molar-refractivity contribution in [2.24, 2.45) is 0 Å². The molecule has 0 spiro atoms. The highest BCUT2D eigenvalue weighted by Crippen LogP contribution is 2.35. The smallest absolute Gasteiger partial charge is 0.292 e. The number of hydrogen-bond acceptors (Lipinski definition) is 6. The quantitative estimate of drug-likeness (QED) is 0.534. The van der Waals surface area contributed by atoms with E-state index >= 15 is 0 Å². The molecule has 1 fully saturated rings. The largest absolute Gasteiger partial charge is 0.395 e. The van der Waals surface area contributed by atoms with Gasteiger partial charge in [-0.3, -0.25) is 19.8 Å². The lowest BCUT2D eigenvalue weighted by molar-refractivity contribution is -0.384. The van der Waals surface area contributed by atoms with Crippen LogP contribution in [0.5, 0.6) is 0 Å². The number of rotatable bonds is 7. The van der Waals surface area contributed by atoms with Crippen molar-refractivity contribution in [3.8, 4) is 0 Å². The van der Waals surface area contributed by atoms with Gasteiger partial charge < -0.3 is 15.3 Å². The molecule has 0 saturated carbocycles. The molecule has 2 aromatic rings. The van der Waals surface area contributed by atoms with Crippen LogP contribution in [0, 0.1) is 10.1 Å². The third-order valence-electron chi connectivity index (χ3n) is 5.72. The van der Waals surface area contributed by atoms with Gasteiger partial charge in [0.25, 0.3) is 11.6 Å². The molecule has 1 saturated heterocycles. The second-order valence-electron chi connectivity index (χ2n) is 7.45. The molecule has 2 N–H and O–H groups in total. The first-order valence-corrected chi connectivity index (χ1v) is 10.1. The zero-order valence-electron chi connectivity index (χ0n) is 17.4. The molecule has 8 nitrogen and oxygen atoms in total. The molecule has 8 heteroatoms. The van der Waals surface area contributed by atoms with Gasteiger partial charge in [0.2, 0.25) is 0 Å². The average molecular weight is 412 g/mol. The van der Waals surface area contributed by atoms with Crippen LogP contribution in [0.25, 0.3) is 0 Å². The van der Waals surface area contributed by atoms with Crippen molar-refractivity contribution in [2.45, 2.75) is 12.8 Å². The molecule has 1 unspecified atom stereocenters. The molecule has 3 rings (SSSR count). The Kier molecular flexibility index (Phi) is 7.02. The third kappa shape index (κ3) is 4.60. The second-order valence-corrected chi connectivity index (χ2v) is 7.45. The van der Waals surface area contributed by atoms with Crippen LogP contribution in [0.2, 0.25) is 0 Å². The van der Waals surface area contributed by atoms with Crippen molar-refractivity contribution in [2.75, 3.05) is 51.3 Å². The zero-order valence-corrected chi connectivity index (χ0v) is 17.4. The van der Waals surface area contributed by atoms with Crippen LogP contribution in [-0.2, 0) is 0 Å². The van der Waals surface area contributed by atoms with Gasteiger partial charge in [0.1, 0.15) is 5.69 Å². The lowest BCUT2D eigenvalue weighted by Gasteiger charge is -2.35. The van der Waals surface area contributed by atoms with Crippen molar-refractivity contribution in [3.05, 3.63) is 69.3 Å². The van der Waals surface area contributed by atoms with Crippen LogP contribution in [0.4, 0.5) is 11.4 Å². The molecule has 160 valence electrons. The topological polar surface area (TPSA) is 99.0 Å². The number of amides is 1. The van der Waals surface area contributed by atoms with Crippen LogP contribution in [0.15, 0.2) is 42.5 Å². The van der Waals surface area contributed by atoms with Crippen molar-refractivity contribution < 1.29 is 14.8 Å². The fraction of sp³-hybridized carbons (Fsp3) is 0.409. The Labute approximate surface area is 176 Å². The molecule has 2 aromatic carbocycles. The van der Waals surface area contributed by atoms with Gasteiger partial charge in [0.05, 0.1) is 11.5 Å². The maximum atomic E-state index is 12.2. The van der Waals surface area contributed by atoms with E-state index in [2.05, 4.69) is 10.2 Å². The van der Waals surface area contributed by atoms with E-state index in [1.165, 1.54) is 0 Å².